The van der Waals surface area contributed by atoms with E-state index < -0.39 is 11.9 Å². The molecule has 3 aromatic carbocycles. The van der Waals surface area contributed by atoms with E-state index in [1.54, 1.807) is 12.1 Å². The third-order valence-electron chi connectivity index (χ3n) is 6.77. The predicted octanol–water partition coefficient (Wildman–Crippen LogP) is 3.94. The lowest BCUT2D eigenvalue weighted by Gasteiger charge is -2.32. The Bertz CT molecular complexity index is 1400. The molecule has 2 amide bonds. The van der Waals surface area contributed by atoms with Crippen LogP contribution in [-0.2, 0) is 27.4 Å². The monoisotopic (exact) mass is 515 g/mol. The van der Waals surface area contributed by atoms with Crippen LogP contribution in [0.25, 0.3) is 11.0 Å². The molecule has 1 aliphatic rings. The van der Waals surface area contributed by atoms with Gasteiger partial charge in [0.1, 0.15) is 23.9 Å². The second-order valence-corrected chi connectivity index (χ2v) is 9.58. The zero-order valence-corrected chi connectivity index (χ0v) is 21.2. The van der Waals surface area contributed by atoms with Gasteiger partial charge in [0, 0.05) is 19.7 Å². The zero-order chi connectivity index (χ0) is 26.5. The molecule has 5 rings (SSSR count). The van der Waals surface area contributed by atoms with Crippen molar-refractivity contribution in [3.8, 4) is 0 Å². The quantitative estimate of drug-likeness (QED) is 0.365. The van der Waals surface area contributed by atoms with E-state index in [1.165, 1.54) is 21.7 Å². The number of rotatable bonds is 9. The van der Waals surface area contributed by atoms with E-state index in [9.17, 15) is 14.0 Å². The maximum Gasteiger partial charge on any atom is 0.247 e. The van der Waals surface area contributed by atoms with E-state index in [2.05, 4.69) is 15.6 Å². The largest absolute Gasteiger partial charge is 0.376 e. The van der Waals surface area contributed by atoms with Gasteiger partial charge in [0.05, 0.1) is 11.6 Å². The fourth-order valence-electron chi connectivity index (χ4n) is 4.70. The maximum atomic E-state index is 13.9. The SMILES string of the molecule is Cc1ccc(CN(C(=O)Cn2nnc3ccccc32)C(C(=O)NCC2CCCO2)c2ccc(F)cc2)cc1. The summed E-state index contributed by atoms with van der Waals surface area (Å²) in [6, 6.07) is 19.9. The second kappa shape index (κ2) is 11.5. The van der Waals surface area contributed by atoms with Gasteiger partial charge in [-0.3, -0.25) is 9.59 Å². The van der Waals surface area contributed by atoms with Gasteiger partial charge >= 0.3 is 0 Å². The third kappa shape index (κ3) is 5.89. The molecular formula is C29H30FN5O3. The van der Waals surface area contributed by atoms with Crippen molar-refractivity contribution < 1.29 is 18.7 Å². The van der Waals surface area contributed by atoms with Gasteiger partial charge < -0.3 is 15.0 Å². The molecule has 2 atom stereocenters. The smallest absolute Gasteiger partial charge is 0.247 e. The molecule has 1 saturated heterocycles. The highest BCUT2D eigenvalue weighted by Crippen LogP contribution is 2.26. The van der Waals surface area contributed by atoms with Crippen LogP contribution >= 0.6 is 0 Å². The Morgan fingerprint density at radius 3 is 2.61 bits per heavy atom. The Balaban J connectivity index is 1.49. The first-order valence-corrected chi connectivity index (χ1v) is 12.8. The van der Waals surface area contributed by atoms with E-state index in [1.807, 2.05) is 55.5 Å². The first-order chi connectivity index (χ1) is 18.5. The highest BCUT2D eigenvalue weighted by atomic mass is 19.1. The number of hydrogen-bond donors (Lipinski definition) is 1. The minimum Gasteiger partial charge on any atom is -0.376 e. The summed E-state index contributed by atoms with van der Waals surface area (Å²) in [6.07, 6.45) is 1.76. The number of amides is 2. The molecule has 1 N–H and O–H groups in total. The lowest BCUT2D eigenvalue weighted by molar-refractivity contribution is -0.142. The average molecular weight is 516 g/mol. The van der Waals surface area contributed by atoms with Crippen molar-refractivity contribution in [3.05, 3.63) is 95.3 Å². The first kappa shape index (κ1) is 25.5. The van der Waals surface area contributed by atoms with Crippen molar-refractivity contribution in [2.45, 2.75) is 45.0 Å². The molecule has 8 nitrogen and oxygen atoms in total. The van der Waals surface area contributed by atoms with Crippen LogP contribution in [0.3, 0.4) is 0 Å². The summed E-state index contributed by atoms with van der Waals surface area (Å²) >= 11 is 0. The molecular weight excluding hydrogens is 485 g/mol. The Kier molecular flexibility index (Phi) is 7.74. The van der Waals surface area contributed by atoms with Crippen molar-refractivity contribution in [2.24, 2.45) is 0 Å². The number of aryl methyl sites for hydroxylation is 1. The van der Waals surface area contributed by atoms with Gasteiger partial charge in [0.25, 0.3) is 0 Å². The van der Waals surface area contributed by atoms with Crippen LogP contribution in [0.5, 0.6) is 0 Å². The number of ether oxygens (including phenoxy) is 1. The van der Waals surface area contributed by atoms with Gasteiger partial charge in [-0.15, -0.1) is 5.10 Å². The number of para-hydroxylation sites is 1. The van der Waals surface area contributed by atoms with Gasteiger partial charge in [0.15, 0.2) is 0 Å². The van der Waals surface area contributed by atoms with Crippen LogP contribution < -0.4 is 5.32 Å². The Hall–Kier alpha value is -4.11. The maximum absolute atomic E-state index is 13.9. The van der Waals surface area contributed by atoms with E-state index in [-0.39, 0.29) is 31.0 Å². The van der Waals surface area contributed by atoms with E-state index in [0.29, 0.717) is 24.2 Å². The predicted molar refractivity (Wildman–Crippen MR) is 140 cm³/mol. The van der Waals surface area contributed by atoms with Gasteiger partial charge in [-0.05, 0) is 55.2 Å². The summed E-state index contributed by atoms with van der Waals surface area (Å²) in [6.45, 7) is 3.08. The van der Waals surface area contributed by atoms with Gasteiger partial charge in [-0.1, -0.05) is 59.3 Å². The Morgan fingerprint density at radius 2 is 1.87 bits per heavy atom. The number of nitrogens with zero attached hydrogens (tertiary/aromatic N) is 4. The molecule has 2 heterocycles. The first-order valence-electron chi connectivity index (χ1n) is 12.8. The van der Waals surface area contributed by atoms with Crippen LogP contribution in [0.2, 0.25) is 0 Å². The van der Waals surface area contributed by atoms with Crippen molar-refractivity contribution in [2.75, 3.05) is 13.2 Å². The number of aromatic nitrogens is 3. The highest BCUT2D eigenvalue weighted by molar-refractivity contribution is 5.89. The highest BCUT2D eigenvalue weighted by Gasteiger charge is 2.33. The van der Waals surface area contributed by atoms with Crippen molar-refractivity contribution in [1.82, 2.24) is 25.2 Å². The summed E-state index contributed by atoms with van der Waals surface area (Å²) in [5.41, 5.74) is 3.86. The van der Waals surface area contributed by atoms with E-state index in [0.717, 1.165) is 29.5 Å². The number of carbonyl (C=O) groups excluding carboxylic acids is 2. The van der Waals surface area contributed by atoms with Gasteiger partial charge in [-0.25, -0.2) is 9.07 Å². The van der Waals surface area contributed by atoms with E-state index in [4.69, 9.17) is 4.74 Å². The third-order valence-corrected chi connectivity index (χ3v) is 6.77. The summed E-state index contributed by atoms with van der Waals surface area (Å²) in [4.78, 5) is 29.2. The molecule has 0 aliphatic carbocycles. The van der Waals surface area contributed by atoms with Crippen LogP contribution in [0.15, 0.2) is 72.8 Å². The van der Waals surface area contributed by atoms with Crippen LogP contribution in [0.4, 0.5) is 4.39 Å². The summed E-state index contributed by atoms with van der Waals surface area (Å²) in [5, 5.41) is 11.3. The molecule has 1 aromatic heterocycles. The number of carbonyl (C=O) groups is 2. The summed E-state index contributed by atoms with van der Waals surface area (Å²) in [5.74, 6) is -1.09. The van der Waals surface area contributed by atoms with Crippen molar-refractivity contribution in [3.63, 3.8) is 0 Å². The molecule has 196 valence electrons. The molecule has 0 radical (unpaired) electrons. The fraction of sp³-hybridized carbons (Fsp3) is 0.310. The molecule has 0 saturated carbocycles. The average Bonchev–Trinajstić information content (AvgIpc) is 3.60. The Morgan fingerprint density at radius 1 is 1.11 bits per heavy atom. The minimum absolute atomic E-state index is 0.0596. The number of nitrogens with one attached hydrogen (secondary N) is 1. The molecule has 1 aliphatic heterocycles. The molecule has 1 fully saturated rings. The summed E-state index contributed by atoms with van der Waals surface area (Å²) < 4.78 is 21.0. The fourth-order valence-corrected chi connectivity index (χ4v) is 4.70. The minimum atomic E-state index is -0.986. The summed E-state index contributed by atoms with van der Waals surface area (Å²) in [7, 11) is 0. The zero-order valence-electron chi connectivity index (χ0n) is 21.2. The van der Waals surface area contributed by atoms with Gasteiger partial charge in [-0.2, -0.15) is 0 Å². The molecule has 2 unspecified atom stereocenters. The lowest BCUT2D eigenvalue weighted by Crippen LogP contribution is -2.46. The van der Waals surface area contributed by atoms with Crippen molar-refractivity contribution in [1.29, 1.82) is 0 Å². The molecule has 4 aromatic rings. The number of hydrogen-bond acceptors (Lipinski definition) is 5. The van der Waals surface area contributed by atoms with Crippen LogP contribution in [0.1, 0.15) is 35.6 Å². The molecule has 38 heavy (non-hydrogen) atoms. The van der Waals surface area contributed by atoms with Gasteiger partial charge in [0.2, 0.25) is 11.8 Å². The number of halogens is 1. The molecule has 9 heteroatoms. The van der Waals surface area contributed by atoms with E-state index >= 15 is 0 Å². The number of fused-ring (bicyclic) bond motifs is 1. The lowest BCUT2D eigenvalue weighted by atomic mass is 10.0. The molecule has 0 bridgehead atoms. The topological polar surface area (TPSA) is 89.4 Å². The number of benzene rings is 3. The van der Waals surface area contributed by atoms with Crippen LogP contribution in [0, 0.1) is 12.7 Å². The normalized spacial score (nSPS) is 15.9. The standard InChI is InChI=1S/C29H30FN5O3/c1-20-8-10-21(11-9-20)18-34(27(36)19-35-26-7-3-2-6-25(26)32-33-35)28(22-12-14-23(30)15-13-22)29(37)31-17-24-5-4-16-38-24/h2-3,6-15,24,28H,4-5,16-19H2,1H3,(H,31,37). The Labute approximate surface area is 220 Å². The second-order valence-electron chi connectivity index (χ2n) is 9.58. The van der Waals surface area contributed by atoms with Crippen LogP contribution in [-0.4, -0.2) is 51.0 Å². The van der Waals surface area contributed by atoms with Crippen molar-refractivity contribution >= 4 is 22.8 Å². The molecule has 0 spiro atoms.